The smallest absolute Gasteiger partial charge is 0.163 e. The Balaban J connectivity index is 2.49. The fourth-order valence-corrected chi connectivity index (χ4v) is 2.66. The van der Waals surface area contributed by atoms with Crippen LogP contribution in [0.3, 0.4) is 0 Å². The molecule has 1 heterocycles. The maximum Gasteiger partial charge on any atom is 0.163 e. The van der Waals surface area contributed by atoms with E-state index >= 15 is 0 Å². The molecule has 0 aromatic heterocycles. The second-order valence-corrected chi connectivity index (χ2v) is 6.77. The molecule has 1 fully saturated rings. The lowest BCUT2D eigenvalue weighted by atomic mass is 10.0. The molecule has 0 radical (unpaired) electrons. The third kappa shape index (κ3) is 6.96. The number of rotatable bonds is 8. The summed E-state index contributed by atoms with van der Waals surface area (Å²) in [5.74, 6) is 5.30. The van der Waals surface area contributed by atoms with Crippen LogP contribution in [-0.2, 0) is 9.47 Å². The van der Waals surface area contributed by atoms with Crippen molar-refractivity contribution in [2.24, 2.45) is 0 Å². The van der Waals surface area contributed by atoms with Gasteiger partial charge in [0.1, 0.15) is 5.60 Å². The SMILES string of the molecule is C=CC(C)(O)C#CC[C@H]1OC(C)(C)O[C@@H]1CCCCCCC. The highest BCUT2D eigenvalue weighted by Gasteiger charge is 2.40. The average Bonchev–Trinajstić information content (AvgIpc) is 2.73. The zero-order chi connectivity index (χ0) is 16.6. The summed E-state index contributed by atoms with van der Waals surface area (Å²) in [7, 11) is 0. The highest BCUT2D eigenvalue weighted by molar-refractivity contribution is 5.19. The molecule has 22 heavy (non-hydrogen) atoms. The molecule has 0 aromatic rings. The molecule has 1 aliphatic rings. The number of ether oxygens (including phenoxy) is 2. The molecule has 0 spiro atoms. The third-order valence-corrected chi connectivity index (χ3v) is 3.92. The zero-order valence-corrected chi connectivity index (χ0v) is 14.7. The maximum absolute atomic E-state index is 9.83. The summed E-state index contributed by atoms with van der Waals surface area (Å²) in [5.41, 5.74) is -1.13. The lowest BCUT2D eigenvalue weighted by molar-refractivity contribution is -0.146. The minimum Gasteiger partial charge on any atom is -0.374 e. The molecular weight excluding hydrogens is 276 g/mol. The van der Waals surface area contributed by atoms with Crippen LogP contribution < -0.4 is 0 Å². The van der Waals surface area contributed by atoms with Crippen LogP contribution >= 0.6 is 0 Å². The molecule has 0 amide bonds. The molecule has 126 valence electrons. The van der Waals surface area contributed by atoms with Crippen LogP contribution in [0.25, 0.3) is 0 Å². The van der Waals surface area contributed by atoms with Crippen molar-refractivity contribution in [3.63, 3.8) is 0 Å². The van der Waals surface area contributed by atoms with Crippen LogP contribution in [0, 0.1) is 11.8 Å². The van der Waals surface area contributed by atoms with Gasteiger partial charge in [-0.2, -0.15) is 0 Å². The number of unbranched alkanes of at least 4 members (excludes halogenated alkanes) is 4. The molecule has 1 unspecified atom stereocenters. The monoisotopic (exact) mass is 308 g/mol. The van der Waals surface area contributed by atoms with Crippen molar-refractivity contribution < 1.29 is 14.6 Å². The molecule has 1 aliphatic heterocycles. The van der Waals surface area contributed by atoms with E-state index in [0.717, 1.165) is 6.42 Å². The van der Waals surface area contributed by atoms with Crippen LogP contribution in [0.2, 0.25) is 0 Å². The summed E-state index contributed by atoms with van der Waals surface area (Å²) in [6, 6.07) is 0. The fraction of sp³-hybridized carbons (Fsp3) is 0.789. The van der Waals surface area contributed by atoms with E-state index in [0.29, 0.717) is 6.42 Å². The van der Waals surface area contributed by atoms with Gasteiger partial charge in [-0.1, -0.05) is 57.4 Å². The van der Waals surface area contributed by atoms with Gasteiger partial charge in [-0.3, -0.25) is 0 Å². The van der Waals surface area contributed by atoms with E-state index in [4.69, 9.17) is 9.47 Å². The molecule has 0 aliphatic carbocycles. The number of aliphatic hydroxyl groups is 1. The molecule has 3 nitrogen and oxygen atoms in total. The molecule has 3 atom stereocenters. The van der Waals surface area contributed by atoms with E-state index in [9.17, 15) is 5.11 Å². The maximum atomic E-state index is 9.83. The van der Waals surface area contributed by atoms with E-state index in [-0.39, 0.29) is 12.2 Å². The van der Waals surface area contributed by atoms with Crippen molar-refractivity contribution in [3.8, 4) is 11.8 Å². The van der Waals surface area contributed by atoms with Gasteiger partial charge in [-0.05, 0) is 33.3 Å². The van der Waals surface area contributed by atoms with Crippen molar-refractivity contribution in [3.05, 3.63) is 12.7 Å². The highest BCUT2D eigenvalue weighted by Crippen LogP contribution is 2.32. The first-order valence-corrected chi connectivity index (χ1v) is 8.51. The first kappa shape index (κ1) is 19.2. The molecule has 3 heteroatoms. The van der Waals surface area contributed by atoms with Crippen LogP contribution in [0.5, 0.6) is 0 Å². The summed E-state index contributed by atoms with van der Waals surface area (Å²) < 4.78 is 12.0. The zero-order valence-electron chi connectivity index (χ0n) is 14.7. The molecule has 1 N–H and O–H groups in total. The Kier molecular flexibility index (Phi) is 7.62. The quantitative estimate of drug-likeness (QED) is 0.415. The van der Waals surface area contributed by atoms with Gasteiger partial charge in [0, 0.05) is 6.42 Å². The molecule has 1 rings (SSSR count). The van der Waals surface area contributed by atoms with Crippen molar-refractivity contribution in [2.45, 2.75) is 96.2 Å². The molecule has 0 aromatic carbocycles. The summed E-state index contributed by atoms with van der Waals surface area (Å²) in [6.07, 6.45) is 9.38. The van der Waals surface area contributed by atoms with Gasteiger partial charge in [-0.15, -0.1) is 0 Å². The van der Waals surface area contributed by atoms with E-state index < -0.39 is 11.4 Å². The van der Waals surface area contributed by atoms with Gasteiger partial charge in [-0.25, -0.2) is 0 Å². The van der Waals surface area contributed by atoms with Gasteiger partial charge in [0.15, 0.2) is 5.79 Å². The van der Waals surface area contributed by atoms with Crippen LogP contribution in [0.15, 0.2) is 12.7 Å². The lowest BCUT2D eigenvalue weighted by Gasteiger charge is -2.16. The van der Waals surface area contributed by atoms with Crippen molar-refractivity contribution >= 4 is 0 Å². The summed E-state index contributed by atoms with van der Waals surface area (Å²) in [4.78, 5) is 0. The Bertz CT molecular complexity index is 401. The Morgan fingerprint density at radius 1 is 1.18 bits per heavy atom. The first-order chi connectivity index (χ1) is 10.3. The van der Waals surface area contributed by atoms with Crippen LogP contribution in [-0.4, -0.2) is 28.7 Å². The van der Waals surface area contributed by atoms with E-state index in [1.54, 1.807) is 6.92 Å². The van der Waals surface area contributed by atoms with Crippen molar-refractivity contribution in [1.29, 1.82) is 0 Å². The van der Waals surface area contributed by atoms with Gasteiger partial charge >= 0.3 is 0 Å². The van der Waals surface area contributed by atoms with Gasteiger partial charge in [0.25, 0.3) is 0 Å². The Hall–Kier alpha value is -0.820. The molecule has 0 saturated carbocycles. The third-order valence-electron chi connectivity index (χ3n) is 3.92. The topological polar surface area (TPSA) is 38.7 Å². The van der Waals surface area contributed by atoms with E-state index in [1.807, 2.05) is 13.8 Å². The van der Waals surface area contributed by atoms with Crippen LogP contribution in [0.4, 0.5) is 0 Å². The number of hydrogen-bond donors (Lipinski definition) is 1. The highest BCUT2D eigenvalue weighted by atomic mass is 16.7. The molecule has 1 saturated heterocycles. The minimum absolute atomic E-state index is 0.0192. The summed E-state index contributed by atoms with van der Waals surface area (Å²) in [5, 5.41) is 9.83. The van der Waals surface area contributed by atoms with Gasteiger partial charge in [0.05, 0.1) is 12.2 Å². The molecule has 0 bridgehead atoms. The van der Waals surface area contributed by atoms with E-state index in [2.05, 4.69) is 25.3 Å². The number of hydrogen-bond acceptors (Lipinski definition) is 3. The second kappa shape index (κ2) is 8.72. The Labute approximate surface area is 136 Å². The predicted molar refractivity (Wildman–Crippen MR) is 90.4 cm³/mol. The normalized spacial score (nSPS) is 26.0. The van der Waals surface area contributed by atoms with Crippen molar-refractivity contribution in [1.82, 2.24) is 0 Å². The first-order valence-electron chi connectivity index (χ1n) is 8.51. The minimum atomic E-state index is -1.13. The largest absolute Gasteiger partial charge is 0.374 e. The predicted octanol–water partition coefficient (Wildman–Crippen LogP) is 4.20. The average molecular weight is 308 g/mol. The standard InChI is InChI=1S/C19H32O3/c1-6-8-9-10-11-13-16-17(22-18(3,4)21-16)14-12-15-19(5,20)7-2/h7,16-17,20H,2,6,8-11,13-14H2,1,3-5H3/t16-,17-,19?/m1/s1. The molecular formula is C19H32O3. The van der Waals surface area contributed by atoms with Crippen molar-refractivity contribution in [2.75, 3.05) is 0 Å². The summed E-state index contributed by atoms with van der Waals surface area (Å²) >= 11 is 0. The Morgan fingerprint density at radius 3 is 2.45 bits per heavy atom. The van der Waals surface area contributed by atoms with Crippen LogP contribution in [0.1, 0.15) is 72.6 Å². The summed E-state index contributed by atoms with van der Waals surface area (Å²) in [6.45, 7) is 11.3. The second-order valence-electron chi connectivity index (χ2n) is 6.77. The van der Waals surface area contributed by atoms with Gasteiger partial charge in [0.2, 0.25) is 0 Å². The fourth-order valence-electron chi connectivity index (χ4n) is 2.66. The van der Waals surface area contributed by atoms with Gasteiger partial charge < -0.3 is 14.6 Å². The Morgan fingerprint density at radius 2 is 1.82 bits per heavy atom. The van der Waals surface area contributed by atoms with E-state index in [1.165, 1.54) is 38.2 Å². The lowest BCUT2D eigenvalue weighted by Crippen LogP contribution is -2.22.